The summed E-state index contributed by atoms with van der Waals surface area (Å²) in [7, 11) is 0. The molecular formula is C21H19FN4O2. The van der Waals surface area contributed by atoms with Gasteiger partial charge in [-0.25, -0.2) is 14.4 Å². The maximum absolute atomic E-state index is 13.1. The van der Waals surface area contributed by atoms with E-state index in [0.29, 0.717) is 35.9 Å². The van der Waals surface area contributed by atoms with Crippen LogP contribution < -0.4 is 5.32 Å². The number of hydrogen-bond acceptors (Lipinski definition) is 4. The first-order valence-electron chi connectivity index (χ1n) is 9.00. The van der Waals surface area contributed by atoms with E-state index in [1.54, 1.807) is 19.1 Å². The molecule has 0 atom stereocenters. The second-order valence-corrected chi connectivity index (χ2v) is 6.48. The van der Waals surface area contributed by atoms with Crippen molar-refractivity contribution in [2.24, 2.45) is 0 Å². The van der Waals surface area contributed by atoms with Gasteiger partial charge in [-0.2, -0.15) is 0 Å². The third-order valence-electron chi connectivity index (χ3n) is 4.50. The zero-order chi connectivity index (χ0) is 19.5. The van der Waals surface area contributed by atoms with Gasteiger partial charge in [-0.3, -0.25) is 4.79 Å². The number of imidazole rings is 1. The topological polar surface area (TPSA) is 72.4 Å². The fraction of sp³-hybridized carbons (Fsp3) is 0.190. The quantitative estimate of drug-likeness (QED) is 0.559. The van der Waals surface area contributed by atoms with Crippen LogP contribution in [0.25, 0.3) is 17.0 Å². The normalized spacial score (nSPS) is 11.1. The van der Waals surface area contributed by atoms with Crippen molar-refractivity contribution in [2.75, 3.05) is 6.54 Å². The monoisotopic (exact) mass is 378 g/mol. The van der Waals surface area contributed by atoms with Crippen LogP contribution in [0.3, 0.4) is 0 Å². The van der Waals surface area contributed by atoms with Crippen LogP contribution in [0, 0.1) is 12.7 Å². The lowest BCUT2D eigenvalue weighted by atomic mass is 10.2. The Balaban J connectivity index is 1.35. The number of rotatable bonds is 6. The van der Waals surface area contributed by atoms with Crippen molar-refractivity contribution in [3.8, 4) is 11.5 Å². The summed E-state index contributed by atoms with van der Waals surface area (Å²) in [4.78, 5) is 21.1. The highest BCUT2D eigenvalue weighted by molar-refractivity contribution is 5.78. The molecule has 1 amide bonds. The first kappa shape index (κ1) is 17.9. The van der Waals surface area contributed by atoms with Crippen LogP contribution in [-0.2, 0) is 17.6 Å². The van der Waals surface area contributed by atoms with E-state index in [4.69, 9.17) is 4.42 Å². The molecule has 4 aromatic rings. The second kappa shape index (κ2) is 7.64. The van der Waals surface area contributed by atoms with Gasteiger partial charge in [-0.1, -0.05) is 6.07 Å². The molecule has 0 aliphatic carbocycles. The molecule has 0 fully saturated rings. The average molecular weight is 378 g/mol. The number of fused-ring (bicyclic) bond motifs is 1. The molecular weight excluding hydrogens is 359 g/mol. The number of carbonyl (C=O) groups excluding carboxylic acids is 1. The number of nitrogens with one attached hydrogen (secondary N) is 1. The van der Waals surface area contributed by atoms with Gasteiger partial charge < -0.3 is 14.1 Å². The highest BCUT2D eigenvalue weighted by atomic mass is 19.1. The molecule has 1 N–H and O–H groups in total. The van der Waals surface area contributed by atoms with Gasteiger partial charge in [0.1, 0.15) is 17.4 Å². The highest BCUT2D eigenvalue weighted by Crippen LogP contribution is 2.22. The summed E-state index contributed by atoms with van der Waals surface area (Å²) in [6, 6.07) is 11.8. The minimum absolute atomic E-state index is 0.124. The zero-order valence-electron chi connectivity index (χ0n) is 15.4. The van der Waals surface area contributed by atoms with Crippen molar-refractivity contribution >= 4 is 11.4 Å². The van der Waals surface area contributed by atoms with E-state index in [0.717, 1.165) is 11.3 Å². The second-order valence-electron chi connectivity index (χ2n) is 6.48. The van der Waals surface area contributed by atoms with Gasteiger partial charge in [0.15, 0.2) is 0 Å². The standard InChI is InChI=1S/C21H19FN4O2/c1-14-18(25-21(28-14)15-5-7-16(22)8-6-15)12-20(27)23-10-9-19-24-13-17-4-2-3-11-26(17)19/h2-8,11,13H,9-10,12H2,1H3,(H,23,27). The molecule has 0 radical (unpaired) electrons. The van der Waals surface area contributed by atoms with E-state index in [1.165, 1.54) is 12.1 Å². The Kier molecular flexibility index (Phi) is 4.89. The number of amides is 1. The SMILES string of the molecule is Cc1oc(-c2ccc(F)cc2)nc1CC(=O)NCCc1ncc2ccccn12. The third kappa shape index (κ3) is 3.78. The Morgan fingerprint density at radius 3 is 2.86 bits per heavy atom. The minimum atomic E-state index is -0.322. The number of aromatic nitrogens is 3. The number of carbonyl (C=O) groups is 1. The predicted molar refractivity (Wildman–Crippen MR) is 102 cm³/mol. The molecule has 28 heavy (non-hydrogen) atoms. The number of oxazole rings is 1. The minimum Gasteiger partial charge on any atom is -0.441 e. The smallest absolute Gasteiger partial charge is 0.226 e. The van der Waals surface area contributed by atoms with Gasteiger partial charge in [0.05, 0.1) is 23.8 Å². The maximum atomic E-state index is 13.1. The molecule has 142 valence electrons. The first-order valence-corrected chi connectivity index (χ1v) is 9.00. The number of benzene rings is 1. The molecule has 0 spiro atoms. The number of hydrogen-bond donors (Lipinski definition) is 1. The number of halogens is 1. The van der Waals surface area contributed by atoms with E-state index in [2.05, 4.69) is 15.3 Å². The van der Waals surface area contributed by atoms with Gasteiger partial charge in [0.2, 0.25) is 11.8 Å². The Hall–Kier alpha value is -3.48. The van der Waals surface area contributed by atoms with Crippen molar-refractivity contribution in [1.82, 2.24) is 19.7 Å². The Morgan fingerprint density at radius 2 is 2.04 bits per heavy atom. The van der Waals surface area contributed by atoms with Crippen LogP contribution in [0.4, 0.5) is 4.39 Å². The largest absolute Gasteiger partial charge is 0.441 e. The van der Waals surface area contributed by atoms with Crippen molar-refractivity contribution in [3.63, 3.8) is 0 Å². The molecule has 3 aromatic heterocycles. The molecule has 1 aromatic carbocycles. The van der Waals surface area contributed by atoms with Crippen LogP contribution in [0.2, 0.25) is 0 Å². The van der Waals surface area contributed by atoms with Gasteiger partial charge in [-0.05, 0) is 43.3 Å². The summed E-state index contributed by atoms with van der Waals surface area (Å²) in [5.41, 5.74) is 2.26. The van der Waals surface area contributed by atoms with Crippen LogP contribution in [0.5, 0.6) is 0 Å². The molecule has 0 aliphatic rings. The van der Waals surface area contributed by atoms with Crippen molar-refractivity contribution in [2.45, 2.75) is 19.8 Å². The van der Waals surface area contributed by atoms with Crippen molar-refractivity contribution in [3.05, 3.63) is 78.0 Å². The van der Waals surface area contributed by atoms with E-state index in [9.17, 15) is 9.18 Å². The molecule has 7 heteroatoms. The first-order chi connectivity index (χ1) is 13.6. The van der Waals surface area contributed by atoms with Crippen LogP contribution in [0.1, 0.15) is 17.3 Å². The van der Waals surface area contributed by atoms with Gasteiger partial charge in [-0.15, -0.1) is 0 Å². The lowest BCUT2D eigenvalue weighted by Crippen LogP contribution is -2.28. The van der Waals surface area contributed by atoms with Crippen molar-refractivity contribution < 1.29 is 13.6 Å². The Bertz CT molecular complexity index is 1120. The van der Waals surface area contributed by atoms with Crippen LogP contribution in [-0.4, -0.2) is 26.8 Å². The summed E-state index contributed by atoms with van der Waals surface area (Å²) in [6.07, 6.45) is 4.52. The molecule has 0 saturated heterocycles. The molecule has 3 heterocycles. The molecule has 4 rings (SSSR count). The molecule has 0 saturated carbocycles. The Morgan fingerprint density at radius 1 is 1.21 bits per heavy atom. The predicted octanol–water partition coefficient (Wildman–Crippen LogP) is 3.34. The number of nitrogens with zero attached hydrogens (tertiary/aromatic N) is 3. The summed E-state index contributed by atoms with van der Waals surface area (Å²) < 4.78 is 20.7. The highest BCUT2D eigenvalue weighted by Gasteiger charge is 2.15. The fourth-order valence-corrected chi connectivity index (χ4v) is 3.02. The summed E-state index contributed by atoms with van der Waals surface area (Å²) in [6.45, 7) is 2.24. The summed E-state index contributed by atoms with van der Waals surface area (Å²) in [5.74, 6) is 1.39. The van der Waals surface area contributed by atoms with E-state index < -0.39 is 0 Å². The van der Waals surface area contributed by atoms with E-state index in [-0.39, 0.29) is 18.1 Å². The van der Waals surface area contributed by atoms with Gasteiger partial charge in [0.25, 0.3) is 0 Å². The zero-order valence-corrected chi connectivity index (χ0v) is 15.4. The van der Waals surface area contributed by atoms with E-state index in [1.807, 2.05) is 35.0 Å². The molecule has 0 bridgehead atoms. The molecule has 6 nitrogen and oxygen atoms in total. The summed E-state index contributed by atoms with van der Waals surface area (Å²) in [5, 5.41) is 2.89. The van der Waals surface area contributed by atoms with Crippen LogP contribution >= 0.6 is 0 Å². The number of pyridine rings is 1. The fourth-order valence-electron chi connectivity index (χ4n) is 3.02. The average Bonchev–Trinajstić information content (AvgIpc) is 3.26. The van der Waals surface area contributed by atoms with E-state index >= 15 is 0 Å². The third-order valence-corrected chi connectivity index (χ3v) is 4.50. The lowest BCUT2D eigenvalue weighted by Gasteiger charge is -2.04. The lowest BCUT2D eigenvalue weighted by molar-refractivity contribution is -0.120. The maximum Gasteiger partial charge on any atom is 0.226 e. The van der Waals surface area contributed by atoms with Gasteiger partial charge in [0, 0.05) is 24.7 Å². The van der Waals surface area contributed by atoms with Crippen LogP contribution in [0.15, 0.2) is 59.3 Å². The summed E-state index contributed by atoms with van der Waals surface area (Å²) >= 11 is 0. The molecule has 0 aliphatic heterocycles. The molecule has 0 unspecified atom stereocenters. The Labute approximate surface area is 161 Å². The van der Waals surface area contributed by atoms with Crippen molar-refractivity contribution in [1.29, 1.82) is 0 Å². The van der Waals surface area contributed by atoms with Gasteiger partial charge >= 0.3 is 0 Å². The number of aryl methyl sites for hydroxylation is 1.